The molecule has 0 aliphatic carbocycles. The molecule has 1 aromatic heterocycles. The van der Waals surface area contributed by atoms with Gasteiger partial charge in [-0.25, -0.2) is 4.98 Å². The lowest BCUT2D eigenvalue weighted by Gasteiger charge is -2.13. The van der Waals surface area contributed by atoms with Crippen LogP contribution in [0.1, 0.15) is 24.2 Å². The Labute approximate surface area is 150 Å². The normalized spacial score (nSPS) is 12.1. The molecule has 0 fully saturated rings. The molecule has 0 spiro atoms. The molecular weight excluding hydrogens is 334 g/mol. The van der Waals surface area contributed by atoms with E-state index < -0.39 is 0 Å². The van der Waals surface area contributed by atoms with Crippen molar-refractivity contribution >= 4 is 40.2 Å². The number of amides is 1. The standard InChI is InChI=1S/C19H19N3O2S/c1-12(23)14-8-4-5-9-15(14)20-18(24)13(2)25-19-21-16-10-6-7-11-17(16)22(19)3/h4-11,13H,1-3H3,(H,20,24). The number of hydrogen-bond acceptors (Lipinski definition) is 4. The van der Waals surface area contributed by atoms with Crippen molar-refractivity contribution in [2.24, 2.45) is 7.05 Å². The number of nitrogens with zero attached hydrogens (tertiary/aromatic N) is 2. The van der Waals surface area contributed by atoms with Gasteiger partial charge in [-0.05, 0) is 38.1 Å². The summed E-state index contributed by atoms with van der Waals surface area (Å²) in [5.41, 5.74) is 2.98. The molecular formula is C19H19N3O2S. The minimum atomic E-state index is -0.351. The van der Waals surface area contributed by atoms with E-state index in [1.54, 1.807) is 24.3 Å². The van der Waals surface area contributed by atoms with Crippen LogP contribution in [0.25, 0.3) is 11.0 Å². The van der Waals surface area contributed by atoms with E-state index in [-0.39, 0.29) is 16.9 Å². The van der Waals surface area contributed by atoms with E-state index in [2.05, 4.69) is 10.3 Å². The topological polar surface area (TPSA) is 64.0 Å². The molecule has 0 radical (unpaired) electrons. The van der Waals surface area contributed by atoms with Crippen molar-refractivity contribution < 1.29 is 9.59 Å². The molecule has 3 rings (SSSR count). The summed E-state index contributed by atoms with van der Waals surface area (Å²) in [5.74, 6) is -0.239. The predicted octanol–water partition coefficient (Wildman–Crippen LogP) is 3.90. The Morgan fingerprint density at radius 3 is 2.52 bits per heavy atom. The second-order valence-electron chi connectivity index (χ2n) is 5.79. The van der Waals surface area contributed by atoms with Crippen LogP contribution in [-0.2, 0) is 11.8 Å². The molecule has 25 heavy (non-hydrogen) atoms. The summed E-state index contributed by atoms with van der Waals surface area (Å²) in [7, 11) is 1.94. The molecule has 0 aliphatic rings. The van der Waals surface area contributed by atoms with Gasteiger partial charge in [-0.3, -0.25) is 9.59 Å². The number of carbonyl (C=O) groups is 2. The molecule has 5 nitrogen and oxygen atoms in total. The SMILES string of the molecule is CC(=O)c1ccccc1NC(=O)C(C)Sc1nc2ccccc2n1C. The number of fused-ring (bicyclic) bond motifs is 1. The Morgan fingerprint density at radius 2 is 1.80 bits per heavy atom. The molecule has 0 saturated carbocycles. The number of hydrogen-bond donors (Lipinski definition) is 1. The highest BCUT2D eigenvalue weighted by Gasteiger charge is 2.19. The zero-order valence-electron chi connectivity index (χ0n) is 14.3. The number of anilines is 1. The lowest BCUT2D eigenvalue weighted by Crippen LogP contribution is -2.23. The van der Waals surface area contributed by atoms with Crippen LogP contribution in [0.2, 0.25) is 0 Å². The smallest absolute Gasteiger partial charge is 0.237 e. The van der Waals surface area contributed by atoms with Crippen molar-refractivity contribution in [3.63, 3.8) is 0 Å². The molecule has 0 aliphatic heterocycles. The van der Waals surface area contributed by atoms with Crippen LogP contribution in [0, 0.1) is 0 Å². The molecule has 0 bridgehead atoms. The van der Waals surface area contributed by atoms with Gasteiger partial charge in [0.05, 0.1) is 22.0 Å². The summed E-state index contributed by atoms with van der Waals surface area (Å²) in [6, 6.07) is 14.9. The van der Waals surface area contributed by atoms with E-state index in [4.69, 9.17) is 0 Å². The largest absolute Gasteiger partial charge is 0.324 e. The van der Waals surface area contributed by atoms with Gasteiger partial charge in [0.1, 0.15) is 0 Å². The zero-order valence-corrected chi connectivity index (χ0v) is 15.1. The Kier molecular flexibility index (Phi) is 4.90. The number of benzene rings is 2. The van der Waals surface area contributed by atoms with Gasteiger partial charge in [0.2, 0.25) is 5.91 Å². The fraction of sp³-hybridized carbons (Fsp3) is 0.211. The molecule has 1 atom stereocenters. The summed E-state index contributed by atoms with van der Waals surface area (Å²) < 4.78 is 1.98. The number of nitrogens with one attached hydrogen (secondary N) is 1. The van der Waals surface area contributed by atoms with Crippen LogP contribution >= 0.6 is 11.8 Å². The fourth-order valence-electron chi connectivity index (χ4n) is 2.57. The lowest BCUT2D eigenvalue weighted by atomic mass is 10.1. The second kappa shape index (κ2) is 7.11. The van der Waals surface area contributed by atoms with Crippen LogP contribution in [0.5, 0.6) is 0 Å². The highest BCUT2D eigenvalue weighted by molar-refractivity contribution is 8.00. The molecule has 1 heterocycles. The molecule has 6 heteroatoms. The monoisotopic (exact) mass is 353 g/mol. The molecule has 1 unspecified atom stereocenters. The van der Waals surface area contributed by atoms with E-state index >= 15 is 0 Å². The first-order valence-corrected chi connectivity index (χ1v) is 8.84. The summed E-state index contributed by atoms with van der Waals surface area (Å²) in [6.07, 6.45) is 0. The Morgan fingerprint density at radius 1 is 1.12 bits per heavy atom. The fourth-order valence-corrected chi connectivity index (χ4v) is 3.46. The average Bonchev–Trinajstić information content (AvgIpc) is 2.91. The Bertz CT molecular complexity index is 949. The number of para-hydroxylation sites is 3. The first-order valence-electron chi connectivity index (χ1n) is 7.96. The van der Waals surface area contributed by atoms with E-state index in [1.807, 2.05) is 42.8 Å². The van der Waals surface area contributed by atoms with Crippen molar-refractivity contribution in [3.8, 4) is 0 Å². The number of aryl methyl sites for hydroxylation is 1. The molecule has 1 amide bonds. The molecule has 2 aromatic carbocycles. The maximum absolute atomic E-state index is 12.5. The van der Waals surface area contributed by atoms with Gasteiger partial charge in [0.15, 0.2) is 10.9 Å². The van der Waals surface area contributed by atoms with E-state index in [0.29, 0.717) is 11.3 Å². The van der Waals surface area contributed by atoms with Gasteiger partial charge in [-0.2, -0.15) is 0 Å². The minimum Gasteiger partial charge on any atom is -0.324 e. The number of carbonyl (C=O) groups excluding carboxylic acids is 2. The first-order chi connectivity index (χ1) is 12.0. The van der Waals surface area contributed by atoms with E-state index in [9.17, 15) is 9.59 Å². The predicted molar refractivity (Wildman–Crippen MR) is 101 cm³/mol. The van der Waals surface area contributed by atoms with Gasteiger partial charge in [-0.15, -0.1) is 0 Å². The number of thioether (sulfide) groups is 1. The van der Waals surface area contributed by atoms with Crippen LogP contribution in [-0.4, -0.2) is 26.5 Å². The Hall–Kier alpha value is -2.60. The number of rotatable bonds is 5. The third-order valence-corrected chi connectivity index (χ3v) is 5.11. The first kappa shape index (κ1) is 17.2. The van der Waals surface area contributed by atoms with Gasteiger partial charge >= 0.3 is 0 Å². The third kappa shape index (κ3) is 3.58. The zero-order chi connectivity index (χ0) is 18.0. The van der Waals surface area contributed by atoms with Gasteiger partial charge in [0.25, 0.3) is 0 Å². The van der Waals surface area contributed by atoms with E-state index in [1.165, 1.54) is 18.7 Å². The number of ketones is 1. The Balaban J connectivity index is 1.77. The quantitative estimate of drug-likeness (QED) is 0.558. The molecule has 3 aromatic rings. The number of aromatic nitrogens is 2. The van der Waals surface area contributed by atoms with Crippen LogP contribution in [0.15, 0.2) is 53.7 Å². The van der Waals surface area contributed by atoms with E-state index in [0.717, 1.165) is 16.2 Å². The van der Waals surface area contributed by atoms with Crippen molar-refractivity contribution in [2.75, 3.05) is 5.32 Å². The van der Waals surface area contributed by atoms with Gasteiger partial charge in [-0.1, -0.05) is 36.0 Å². The van der Waals surface area contributed by atoms with Crippen molar-refractivity contribution in [1.29, 1.82) is 0 Å². The number of imidazole rings is 1. The van der Waals surface area contributed by atoms with Crippen LogP contribution < -0.4 is 5.32 Å². The van der Waals surface area contributed by atoms with Gasteiger partial charge in [0, 0.05) is 12.6 Å². The van der Waals surface area contributed by atoms with Crippen molar-refractivity contribution in [2.45, 2.75) is 24.3 Å². The summed E-state index contributed by atoms with van der Waals surface area (Å²) in [6.45, 7) is 3.32. The molecule has 1 N–H and O–H groups in total. The lowest BCUT2D eigenvalue weighted by molar-refractivity contribution is -0.115. The number of Topliss-reactive ketones (excluding diaryl/α,β-unsaturated/α-hetero) is 1. The molecule has 128 valence electrons. The third-order valence-electron chi connectivity index (χ3n) is 3.96. The van der Waals surface area contributed by atoms with Crippen molar-refractivity contribution in [3.05, 3.63) is 54.1 Å². The van der Waals surface area contributed by atoms with Crippen LogP contribution in [0.4, 0.5) is 5.69 Å². The highest BCUT2D eigenvalue weighted by Crippen LogP contribution is 2.27. The average molecular weight is 353 g/mol. The molecule has 0 saturated heterocycles. The summed E-state index contributed by atoms with van der Waals surface area (Å²) in [5, 5.41) is 3.28. The maximum Gasteiger partial charge on any atom is 0.237 e. The minimum absolute atomic E-state index is 0.0773. The maximum atomic E-state index is 12.5. The van der Waals surface area contributed by atoms with Crippen molar-refractivity contribution in [1.82, 2.24) is 9.55 Å². The summed E-state index contributed by atoms with van der Waals surface area (Å²) in [4.78, 5) is 28.8. The van der Waals surface area contributed by atoms with Crippen LogP contribution in [0.3, 0.4) is 0 Å². The highest BCUT2D eigenvalue weighted by atomic mass is 32.2. The second-order valence-corrected chi connectivity index (χ2v) is 7.10. The summed E-state index contributed by atoms with van der Waals surface area (Å²) >= 11 is 1.39. The van der Waals surface area contributed by atoms with Gasteiger partial charge < -0.3 is 9.88 Å².